The molecular formula is C19H28ClN3O2. The topological polar surface area (TPSA) is 36.0 Å². The van der Waals surface area contributed by atoms with Crippen molar-refractivity contribution >= 4 is 23.2 Å². The van der Waals surface area contributed by atoms with Crippen LogP contribution in [0.1, 0.15) is 12.8 Å². The number of anilines is 1. The summed E-state index contributed by atoms with van der Waals surface area (Å²) in [6.07, 6.45) is 2.03. The third-order valence-corrected chi connectivity index (χ3v) is 5.47. The Bertz CT molecular complexity index is 558. The molecule has 0 N–H and O–H groups in total. The van der Waals surface area contributed by atoms with Crippen molar-refractivity contribution < 1.29 is 9.53 Å². The molecule has 138 valence electrons. The molecule has 0 aliphatic carbocycles. The molecule has 2 heterocycles. The molecule has 0 radical (unpaired) electrons. The van der Waals surface area contributed by atoms with Gasteiger partial charge in [0, 0.05) is 70.2 Å². The average Bonchev–Trinajstić information content (AvgIpc) is 2.98. The molecule has 5 nitrogen and oxygen atoms in total. The van der Waals surface area contributed by atoms with Crippen molar-refractivity contribution in [2.45, 2.75) is 12.8 Å². The fourth-order valence-corrected chi connectivity index (χ4v) is 3.85. The maximum Gasteiger partial charge on any atom is 0.231 e. The van der Waals surface area contributed by atoms with Gasteiger partial charge in [-0.05, 0) is 37.1 Å². The van der Waals surface area contributed by atoms with Gasteiger partial charge in [-0.15, -0.1) is 0 Å². The third-order valence-electron chi connectivity index (χ3n) is 5.22. The third kappa shape index (κ3) is 4.94. The summed E-state index contributed by atoms with van der Waals surface area (Å²) >= 11 is 5.94. The first-order valence-electron chi connectivity index (χ1n) is 9.18. The van der Waals surface area contributed by atoms with Gasteiger partial charge in [-0.2, -0.15) is 0 Å². The summed E-state index contributed by atoms with van der Waals surface area (Å²) < 4.78 is 5.12. The van der Waals surface area contributed by atoms with E-state index in [9.17, 15) is 4.79 Å². The van der Waals surface area contributed by atoms with Crippen molar-refractivity contribution in [3.8, 4) is 0 Å². The van der Waals surface area contributed by atoms with Gasteiger partial charge in [-0.1, -0.05) is 11.6 Å². The summed E-state index contributed by atoms with van der Waals surface area (Å²) in [7, 11) is 1.75. The smallest absolute Gasteiger partial charge is 0.231 e. The highest BCUT2D eigenvalue weighted by Gasteiger charge is 2.34. The lowest BCUT2D eigenvalue weighted by Gasteiger charge is -2.35. The molecule has 25 heavy (non-hydrogen) atoms. The predicted octanol–water partition coefficient (Wildman–Crippen LogP) is 2.35. The van der Waals surface area contributed by atoms with E-state index in [1.807, 2.05) is 29.2 Å². The van der Waals surface area contributed by atoms with Crippen LogP contribution in [0, 0.1) is 5.92 Å². The van der Waals surface area contributed by atoms with Crippen molar-refractivity contribution in [1.29, 1.82) is 0 Å². The molecule has 2 fully saturated rings. The van der Waals surface area contributed by atoms with E-state index < -0.39 is 0 Å². The quantitative estimate of drug-likeness (QED) is 0.695. The SMILES string of the molecule is COCCCN1CCN(CC2CCN(c3ccc(Cl)cc3)C2=O)CC1. The standard InChI is InChI=1S/C19H28ClN3O2/c1-25-14-2-8-21-10-12-22(13-11-21)15-16-7-9-23(19(16)24)18-5-3-17(20)4-6-18/h3-6,16H,2,7-15H2,1H3. The normalized spacial score (nSPS) is 22.7. The summed E-state index contributed by atoms with van der Waals surface area (Å²) in [5, 5.41) is 0.704. The van der Waals surface area contributed by atoms with Gasteiger partial charge in [-0.25, -0.2) is 0 Å². The van der Waals surface area contributed by atoms with E-state index in [1.165, 1.54) is 0 Å². The average molecular weight is 366 g/mol. The molecule has 1 atom stereocenters. The number of benzene rings is 1. The minimum atomic E-state index is 0.121. The summed E-state index contributed by atoms with van der Waals surface area (Å²) in [6, 6.07) is 7.56. The van der Waals surface area contributed by atoms with Gasteiger partial charge in [0.2, 0.25) is 5.91 Å². The number of rotatable bonds is 7. The molecule has 0 bridgehead atoms. The van der Waals surface area contributed by atoms with E-state index in [1.54, 1.807) is 7.11 Å². The second-order valence-electron chi connectivity index (χ2n) is 6.94. The predicted molar refractivity (Wildman–Crippen MR) is 101 cm³/mol. The Morgan fingerprint density at radius 2 is 1.76 bits per heavy atom. The van der Waals surface area contributed by atoms with Crippen LogP contribution in [0.5, 0.6) is 0 Å². The highest BCUT2D eigenvalue weighted by Crippen LogP contribution is 2.27. The summed E-state index contributed by atoms with van der Waals surface area (Å²) in [5.41, 5.74) is 0.958. The number of carbonyl (C=O) groups is 1. The molecule has 0 saturated carbocycles. The van der Waals surface area contributed by atoms with Crippen LogP contribution in [-0.4, -0.2) is 75.2 Å². The van der Waals surface area contributed by atoms with E-state index in [0.717, 1.165) is 70.9 Å². The number of halogens is 1. The van der Waals surface area contributed by atoms with Gasteiger partial charge in [-0.3, -0.25) is 4.79 Å². The monoisotopic (exact) mass is 365 g/mol. The first-order valence-corrected chi connectivity index (χ1v) is 9.56. The molecule has 1 amide bonds. The molecule has 3 rings (SSSR count). The van der Waals surface area contributed by atoms with Crippen LogP contribution in [0.4, 0.5) is 5.69 Å². The number of carbonyl (C=O) groups excluding carboxylic acids is 1. The van der Waals surface area contributed by atoms with Gasteiger partial charge in [0.25, 0.3) is 0 Å². The zero-order valence-electron chi connectivity index (χ0n) is 15.0. The molecule has 1 aromatic rings. The Morgan fingerprint density at radius 1 is 1.08 bits per heavy atom. The second kappa shape index (κ2) is 8.99. The number of hydrogen-bond acceptors (Lipinski definition) is 4. The highest BCUT2D eigenvalue weighted by atomic mass is 35.5. The lowest BCUT2D eigenvalue weighted by Crippen LogP contribution is -2.48. The van der Waals surface area contributed by atoms with Crippen LogP contribution < -0.4 is 4.90 Å². The lowest BCUT2D eigenvalue weighted by molar-refractivity contribution is -0.121. The largest absolute Gasteiger partial charge is 0.385 e. The van der Waals surface area contributed by atoms with Crippen molar-refractivity contribution in [1.82, 2.24) is 9.80 Å². The van der Waals surface area contributed by atoms with Gasteiger partial charge >= 0.3 is 0 Å². The van der Waals surface area contributed by atoms with Crippen LogP contribution >= 0.6 is 11.6 Å². The number of methoxy groups -OCH3 is 1. The molecule has 0 spiro atoms. The maximum atomic E-state index is 12.7. The molecule has 1 aromatic carbocycles. The van der Waals surface area contributed by atoms with Crippen molar-refractivity contribution in [2.24, 2.45) is 5.92 Å². The van der Waals surface area contributed by atoms with E-state index in [4.69, 9.17) is 16.3 Å². The summed E-state index contributed by atoms with van der Waals surface area (Å²) in [6.45, 7) is 7.91. The number of piperazine rings is 1. The van der Waals surface area contributed by atoms with Crippen LogP contribution in [0.2, 0.25) is 5.02 Å². The fourth-order valence-electron chi connectivity index (χ4n) is 3.73. The fraction of sp³-hybridized carbons (Fsp3) is 0.632. The zero-order chi connectivity index (χ0) is 17.6. The van der Waals surface area contributed by atoms with Crippen LogP contribution in [0.25, 0.3) is 0 Å². The number of ether oxygens (including phenoxy) is 1. The first-order chi connectivity index (χ1) is 12.2. The molecule has 0 aromatic heterocycles. The number of hydrogen-bond donors (Lipinski definition) is 0. The number of nitrogens with zero attached hydrogens (tertiary/aromatic N) is 3. The Balaban J connectivity index is 1.45. The van der Waals surface area contributed by atoms with Gasteiger partial charge in [0.05, 0.1) is 5.92 Å². The van der Waals surface area contributed by atoms with E-state index >= 15 is 0 Å². The summed E-state index contributed by atoms with van der Waals surface area (Å²) in [4.78, 5) is 19.6. The molecule has 2 saturated heterocycles. The van der Waals surface area contributed by atoms with Crippen molar-refractivity contribution in [2.75, 3.05) is 64.4 Å². The Morgan fingerprint density at radius 3 is 2.44 bits per heavy atom. The van der Waals surface area contributed by atoms with Gasteiger partial charge < -0.3 is 19.4 Å². The second-order valence-corrected chi connectivity index (χ2v) is 7.38. The minimum Gasteiger partial charge on any atom is -0.385 e. The number of amides is 1. The van der Waals surface area contributed by atoms with Crippen molar-refractivity contribution in [3.05, 3.63) is 29.3 Å². The maximum absolute atomic E-state index is 12.7. The van der Waals surface area contributed by atoms with E-state index in [0.29, 0.717) is 5.02 Å². The Kier molecular flexibility index (Phi) is 6.70. The lowest BCUT2D eigenvalue weighted by atomic mass is 10.1. The molecular weight excluding hydrogens is 338 g/mol. The van der Waals surface area contributed by atoms with E-state index in [-0.39, 0.29) is 11.8 Å². The summed E-state index contributed by atoms with van der Waals surface area (Å²) in [5.74, 6) is 0.376. The molecule has 1 unspecified atom stereocenters. The highest BCUT2D eigenvalue weighted by molar-refractivity contribution is 6.30. The Labute approximate surface area is 155 Å². The van der Waals surface area contributed by atoms with Crippen LogP contribution in [-0.2, 0) is 9.53 Å². The van der Waals surface area contributed by atoms with Crippen molar-refractivity contribution in [3.63, 3.8) is 0 Å². The van der Waals surface area contributed by atoms with Crippen LogP contribution in [0.3, 0.4) is 0 Å². The van der Waals surface area contributed by atoms with Crippen LogP contribution in [0.15, 0.2) is 24.3 Å². The first kappa shape index (κ1) is 18.6. The van der Waals surface area contributed by atoms with Gasteiger partial charge in [0.15, 0.2) is 0 Å². The minimum absolute atomic E-state index is 0.121. The molecule has 2 aliphatic rings. The molecule has 6 heteroatoms. The van der Waals surface area contributed by atoms with E-state index in [2.05, 4.69) is 9.80 Å². The van der Waals surface area contributed by atoms with Gasteiger partial charge in [0.1, 0.15) is 0 Å². The Hall–Kier alpha value is -1.14. The zero-order valence-corrected chi connectivity index (χ0v) is 15.7. The molecule has 2 aliphatic heterocycles.